The molecule has 1 aliphatic heterocycles. The third-order valence-electron chi connectivity index (χ3n) is 2.56. The van der Waals surface area contributed by atoms with Gasteiger partial charge in [-0.1, -0.05) is 0 Å². The number of aromatic hydroxyl groups is 1. The van der Waals surface area contributed by atoms with E-state index in [0.29, 0.717) is 28.9 Å². The average molecular weight is 203 g/mol. The summed E-state index contributed by atoms with van der Waals surface area (Å²) in [6.07, 6.45) is 2.04. The minimum absolute atomic E-state index is 0.115. The Morgan fingerprint density at radius 2 is 2.27 bits per heavy atom. The standard InChI is InChI=1S/C11H9NO3/c12-7-3-6-4-9-8(1-2-14-9)10(13)11(6)15-5-7/h1-2,4,12-13H,3,5H2. The predicted octanol–water partition coefficient (Wildman–Crippen LogP) is 2.09. The second kappa shape index (κ2) is 2.76. The monoisotopic (exact) mass is 203 g/mol. The van der Waals surface area contributed by atoms with Crippen LogP contribution in [0.25, 0.3) is 11.0 Å². The normalized spacial score (nSPS) is 15.1. The van der Waals surface area contributed by atoms with Gasteiger partial charge in [0.25, 0.3) is 0 Å². The van der Waals surface area contributed by atoms with Crippen LogP contribution in [0, 0.1) is 5.41 Å². The summed E-state index contributed by atoms with van der Waals surface area (Å²) in [6.45, 7) is 0.254. The van der Waals surface area contributed by atoms with Gasteiger partial charge in [0.05, 0.1) is 17.4 Å². The summed E-state index contributed by atoms with van der Waals surface area (Å²) >= 11 is 0. The van der Waals surface area contributed by atoms with E-state index >= 15 is 0 Å². The van der Waals surface area contributed by atoms with E-state index < -0.39 is 0 Å². The molecule has 0 fully saturated rings. The molecule has 0 atom stereocenters. The number of rotatable bonds is 0. The predicted molar refractivity (Wildman–Crippen MR) is 54.8 cm³/mol. The van der Waals surface area contributed by atoms with Gasteiger partial charge in [-0.25, -0.2) is 0 Å². The van der Waals surface area contributed by atoms with Crippen LogP contribution in [0.1, 0.15) is 5.56 Å². The summed E-state index contributed by atoms with van der Waals surface area (Å²) < 4.78 is 10.5. The topological polar surface area (TPSA) is 66.5 Å². The highest BCUT2D eigenvalue weighted by Gasteiger charge is 2.21. The lowest BCUT2D eigenvalue weighted by atomic mass is 10.0. The molecule has 76 valence electrons. The van der Waals surface area contributed by atoms with E-state index in [1.165, 1.54) is 6.26 Å². The Morgan fingerprint density at radius 3 is 3.13 bits per heavy atom. The molecule has 15 heavy (non-hydrogen) atoms. The van der Waals surface area contributed by atoms with Gasteiger partial charge in [0, 0.05) is 12.0 Å². The number of ether oxygens (including phenoxy) is 1. The van der Waals surface area contributed by atoms with Crippen molar-refractivity contribution in [1.82, 2.24) is 0 Å². The van der Waals surface area contributed by atoms with Crippen molar-refractivity contribution in [3.63, 3.8) is 0 Å². The second-order valence-electron chi connectivity index (χ2n) is 3.61. The van der Waals surface area contributed by atoms with Crippen molar-refractivity contribution in [3.05, 3.63) is 24.0 Å². The molecule has 3 rings (SSSR count). The first-order valence-electron chi connectivity index (χ1n) is 4.67. The van der Waals surface area contributed by atoms with Crippen LogP contribution in [0.15, 0.2) is 22.8 Å². The molecule has 2 N–H and O–H groups in total. The minimum Gasteiger partial charge on any atom is -0.504 e. The fourth-order valence-corrected chi connectivity index (χ4v) is 1.86. The molecule has 0 spiro atoms. The number of benzene rings is 1. The highest BCUT2D eigenvalue weighted by Crippen LogP contribution is 2.40. The number of nitrogens with one attached hydrogen (secondary N) is 1. The van der Waals surface area contributed by atoms with Crippen molar-refractivity contribution in [3.8, 4) is 11.5 Å². The Labute approximate surface area is 85.6 Å². The van der Waals surface area contributed by atoms with Gasteiger partial charge in [-0.15, -0.1) is 0 Å². The first-order chi connectivity index (χ1) is 7.25. The molecule has 4 nitrogen and oxygen atoms in total. The van der Waals surface area contributed by atoms with Gasteiger partial charge in [0.1, 0.15) is 12.2 Å². The Kier molecular flexibility index (Phi) is 1.54. The van der Waals surface area contributed by atoms with Crippen LogP contribution in [0.5, 0.6) is 11.5 Å². The fourth-order valence-electron chi connectivity index (χ4n) is 1.86. The Morgan fingerprint density at radius 1 is 1.40 bits per heavy atom. The molecule has 0 saturated heterocycles. The van der Waals surface area contributed by atoms with Gasteiger partial charge >= 0.3 is 0 Å². The molecule has 4 heteroatoms. The minimum atomic E-state index is 0.115. The zero-order valence-electron chi connectivity index (χ0n) is 7.91. The highest BCUT2D eigenvalue weighted by molar-refractivity contribution is 5.93. The van der Waals surface area contributed by atoms with E-state index in [4.69, 9.17) is 14.6 Å². The lowest BCUT2D eigenvalue weighted by molar-refractivity contribution is 0.335. The maximum atomic E-state index is 9.91. The van der Waals surface area contributed by atoms with Crippen molar-refractivity contribution < 1.29 is 14.3 Å². The molecule has 0 bridgehead atoms. The van der Waals surface area contributed by atoms with Crippen LogP contribution in [0.2, 0.25) is 0 Å². The summed E-state index contributed by atoms with van der Waals surface area (Å²) in [5, 5.41) is 18.1. The van der Waals surface area contributed by atoms with Crippen LogP contribution in [0.4, 0.5) is 0 Å². The highest BCUT2D eigenvalue weighted by atomic mass is 16.5. The van der Waals surface area contributed by atoms with Crippen molar-refractivity contribution in [2.24, 2.45) is 0 Å². The number of furan rings is 1. The average Bonchev–Trinajstić information content (AvgIpc) is 2.65. The smallest absolute Gasteiger partial charge is 0.169 e. The molecule has 0 unspecified atom stereocenters. The third-order valence-corrected chi connectivity index (χ3v) is 2.56. The fraction of sp³-hybridized carbons (Fsp3) is 0.182. The van der Waals surface area contributed by atoms with Gasteiger partial charge in [-0.05, 0) is 12.1 Å². The van der Waals surface area contributed by atoms with Crippen LogP contribution in [-0.4, -0.2) is 17.4 Å². The molecular weight excluding hydrogens is 194 g/mol. The van der Waals surface area contributed by atoms with Crippen LogP contribution in [-0.2, 0) is 6.42 Å². The largest absolute Gasteiger partial charge is 0.504 e. The number of hydrogen-bond donors (Lipinski definition) is 2. The molecule has 0 saturated carbocycles. The number of phenolic OH excluding ortho intramolecular Hbond substituents is 1. The third kappa shape index (κ3) is 1.11. The van der Waals surface area contributed by atoms with E-state index in [2.05, 4.69) is 0 Å². The van der Waals surface area contributed by atoms with Crippen molar-refractivity contribution in [2.45, 2.75) is 6.42 Å². The Balaban J connectivity index is 2.32. The molecule has 1 aromatic heterocycles. The van der Waals surface area contributed by atoms with E-state index in [0.717, 1.165) is 5.56 Å². The number of fused-ring (bicyclic) bond motifs is 2. The molecular formula is C11H9NO3. The Hall–Kier alpha value is -1.97. The molecule has 1 aromatic carbocycles. The van der Waals surface area contributed by atoms with E-state index in [1.807, 2.05) is 6.07 Å². The quantitative estimate of drug-likeness (QED) is 0.688. The van der Waals surface area contributed by atoms with Crippen molar-refractivity contribution >= 4 is 16.7 Å². The number of hydrogen-bond acceptors (Lipinski definition) is 4. The van der Waals surface area contributed by atoms with Gasteiger partial charge in [0.2, 0.25) is 0 Å². The van der Waals surface area contributed by atoms with E-state index in [-0.39, 0.29) is 12.4 Å². The zero-order chi connectivity index (χ0) is 10.4. The molecule has 1 aliphatic rings. The number of phenols is 1. The van der Waals surface area contributed by atoms with Crippen LogP contribution < -0.4 is 4.74 Å². The lowest BCUT2D eigenvalue weighted by Crippen LogP contribution is -2.19. The molecule has 2 heterocycles. The van der Waals surface area contributed by atoms with E-state index in [9.17, 15) is 5.11 Å². The van der Waals surface area contributed by atoms with Crippen LogP contribution >= 0.6 is 0 Å². The second-order valence-corrected chi connectivity index (χ2v) is 3.61. The van der Waals surface area contributed by atoms with Gasteiger partial charge < -0.3 is 19.7 Å². The molecule has 0 amide bonds. The summed E-state index contributed by atoms with van der Waals surface area (Å²) in [6, 6.07) is 3.52. The molecule has 2 aromatic rings. The summed E-state index contributed by atoms with van der Waals surface area (Å²) in [7, 11) is 0. The summed E-state index contributed by atoms with van der Waals surface area (Å²) in [5.41, 5.74) is 1.95. The lowest BCUT2D eigenvalue weighted by Gasteiger charge is -2.18. The van der Waals surface area contributed by atoms with Gasteiger partial charge in [-0.3, -0.25) is 0 Å². The van der Waals surface area contributed by atoms with Crippen LogP contribution in [0.3, 0.4) is 0 Å². The Bertz CT molecular complexity index is 556. The maximum absolute atomic E-state index is 9.91. The molecule has 0 aliphatic carbocycles. The van der Waals surface area contributed by atoms with Crippen molar-refractivity contribution in [2.75, 3.05) is 6.61 Å². The zero-order valence-corrected chi connectivity index (χ0v) is 7.91. The SMILES string of the molecule is N=C1COc2c(cc3occc3c2O)C1. The first-order valence-corrected chi connectivity index (χ1v) is 4.67. The summed E-state index contributed by atoms with van der Waals surface area (Å²) in [4.78, 5) is 0. The maximum Gasteiger partial charge on any atom is 0.169 e. The van der Waals surface area contributed by atoms with Gasteiger partial charge in [0.15, 0.2) is 11.5 Å². The van der Waals surface area contributed by atoms with E-state index in [1.54, 1.807) is 6.07 Å². The molecule has 0 radical (unpaired) electrons. The van der Waals surface area contributed by atoms with Crippen molar-refractivity contribution in [1.29, 1.82) is 5.41 Å². The van der Waals surface area contributed by atoms with Gasteiger partial charge in [-0.2, -0.15) is 0 Å². The summed E-state index contributed by atoms with van der Waals surface area (Å²) in [5.74, 6) is 0.601. The first kappa shape index (κ1) is 8.35.